The van der Waals surface area contributed by atoms with E-state index in [2.05, 4.69) is 5.32 Å². The molecule has 0 saturated heterocycles. The lowest BCUT2D eigenvalue weighted by Gasteiger charge is -2.27. The fraction of sp³-hybridized carbons (Fsp3) is 0.600. The van der Waals surface area contributed by atoms with E-state index in [1.54, 1.807) is 0 Å². The Kier molecular flexibility index (Phi) is 3.51. The van der Waals surface area contributed by atoms with Crippen LogP contribution in [0.5, 0.6) is 0 Å². The molecule has 2 fully saturated rings. The van der Waals surface area contributed by atoms with Crippen LogP contribution in [0.15, 0.2) is 18.3 Å². The number of aliphatic carboxylic acids is 1. The molecule has 0 aliphatic heterocycles. The third-order valence-corrected chi connectivity index (χ3v) is 4.31. The van der Waals surface area contributed by atoms with Gasteiger partial charge in [0.25, 0.3) is 5.91 Å². The Balaban J connectivity index is 1.63. The maximum absolute atomic E-state index is 12.3. The Morgan fingerprint density at radius 1 is 1.25 bits per heavy atom. The van der Waals surface area contributed by atoms with Crippen molar-refractivity contribution in [3.8, 4) is 0 Å². The zero-order valence-corrected chi connectivity index (χ0v) is 11.4. The lowest BCUT2D eigenvalue weighted by molar-refractivity contribution is -0.143. The summed E-state index contributed by atoms with van der Waals surface area (Å²) in [6.07, 6.45) is 7.24. The molecule has 2 aliphatic rings. The predicted octanol–water partition coefficient (Wildman–Crippen LogP) is 2.20. The minimum atomic E-state index is -0.745. The van der Waals surface area contributed by atoms with E-state index in [1.165, 1.54) is 0 Å². The summed E-state index contributed by atoms with van der Waals surface area (Å²) >= 11 is 0. The number of rotatable bonds is 4. The summed E-state index contributed by atoms with van der Waals surface area (Å²) < 4.78 is 2.03. The first kappa shape index (κ1) is 13.2. The first-order chi connectivity index (χ1) is 9.65. The van der Waals surface area contributed by atoms with Crippen molar-refractivity contribution in [2.45, 2.75) is 50.6 Å². The standard InChI is InChI=1S/C15H20N2O3/c18-14(13-5-2-8-17(13)12-6-7-12)16-11-4-1-3-10(9-11)15(19)20/h2,5,8,10-12H,1,3-4,6-7,9H2,(H,16,18)(H,19,20). The molecule has 5 nitrogen and oxygen atoms in total. The lowest BCUT2D eigenvalue weighted by Crippen LogP contribution is -2.40. The van der Waals surface area contributed by atoms with Crippen LogP contribution in [0.2, 0.25) is 0 Å². The molecule has 1 aromatic heterocycles. The Morgan fingerprint density at radius 2 is 2.05 bits per heavy atom. The van der Waals surface area contributed by atoms with Crippen molar-refractivity contribution in [2.24, 2.45) is 5.92 Å². The summed E-state index contributed by atoms with van der Waals surface area (Å²) in [5.74, 6) is -1.13. The molecule has 0 bridgehead atoms. The zero-order chi connectivity index (χ0) is 14.1. The van der Waals surface area contributed by atoms with Crippen LogP contribution in [0.3, 0.4) is 0 Å². The van der Waals surface area contributed by atoms with Gasteiger partial charge >= 0.3 is 5.97 Å². The second kappa shape index (κ2) is 5.31. The van der Waals surface area contributed by atoms with Gasteiger partial charge in [0.15, 0.2) is 0 Å². The largest absolute Gasteiger partial charge is 0.481 e. The summed E-state index contributed by atoms with van der Waals surface area (Å²) in [6.45, 7) is 0. The van der Waals surface area contributed by atoms with Gasteiger partial charge in [-0.15, -0.1) is 0 Å². The SMILES string of the molecule is O=C(NC1CCCC(C(=O)O)C1)c1cccn1C1CC1. The molecule has 1 amide bonds. The first-order valence-electron chi connectivity index (χ1n) is 7.35. The second-order valence-corrected chi connectivity index (χ2v) is 5.90. The average Bonchev–Trinajstić information content (AvgIpc) is 3.16. The number of amides is 1. The predicted molar refractivity (Wildman–Crippen MR) is 73.6 cm³/mol. The maximum Gasteiger partial charge on any atom is 0.306 e. The van der Waals surface area contributed by atoms with E-state index in [4.69, 9.17) is 5.11 Å². The molecule has 2 atom stereocenters. The fourth-order valence-electron chi connectivity index (χ4n) is 3.06. The molecular formula is C15H20N2O3. The van der Waals surface area contributed by atoms with E-state index in [0.717, 1.165) is 32.1 Å². The van der Waals surface area contributed by atoms with Gasteiger partial charge in [0.2, 0.25) is 0 Å². The number of carboxylic acid groups (broad SMARTS) is 1. The molecule has 1 heterocycles. The van der Waals surface area contributed by atoms with Crippen LogP contribution in [0.1, 0.15) is 55.1 Å². The van der Waals surface area contributed by atoms with Crippen LogP contribution in [0.25, 0.3) is 0 Å². The van der Waals surface area contributed by atoms with Gasteiger partial charge in [-0.2, -0.15) is 0 Å². The number of aromatic nitrogens is 1. The molecule has 2 N–H and O–H groups in total. The zero-order valence-electron chi connectivity index (χ0n) is 11.4. The molecule has 2 unspecified atom stereocenters. The van der Waals surface area contributed by atoms with Gasteiger partial charge in [-0.1, -0.05) is 6.42 Å². The normalized spacial score (nSPS) is 26.2. The number of nitrogens with zero attached hydrogens (tertiary/aromatic N) is 1. The van der Waals surface area contributed by atoms with Crippen LogP contribution in [0.4, 0.5) is 0 Å². The third-order valence-electron chi connectivity index (χ3n) is 4.31. The summed E-state index contributed by atoms with van der Waals surface area (Å²) in [6, 6.07) is 4.20. The average molecular weight is 276 g/mol. The van der Waals surface area contributed by atoms with E-state index < -0.39 is 5.97 Å². The molecule has 0 spiro atoms. The van der Waals surface area contributed by atoms with Crippen molar-refractivity contribution in [3.05, 3.63) is 24.0 Å². The van der Waals surface area contributed by atoms with E-state index in [-0.39, 0.29) is 17.9 Å². The smallest absolute Gasteiger partial charge is 0.306 e. The minimum Gasteiger partial charge on any atom is -0.481 e. The number of carbonyl (C=O) groups excluding carboxylic acids is 1. The number of carboxylic acids is 1. The monoisotopic (exact) mass is 276 g/mol. The molecule has 3 rings (SSSR count). The van der Waals surface area contributed by atoms with Crippen LogP contribution in [-0.4, -0.2) is 27.6 Å². The van der Waals surface area contributed by atoms with Gasteiger partial charge < -0.3 is 15.0 Å². The summed E-state index contributed by atoms with van der Waals surface area (Å²) in [7, 11) is 0. The number of carbonyl (C=O) groups is 2. The van der Waals surface area contributed by atoms with E-state index in [9.17, 15) is 9.59 Å². The maximum atomic E-state index is 12.3. The quantitative estimate of drug-likeness (QED) is 0.885. The van der Waals surface area contributed by atoms with Gasteiger partial charge in [-0.25, -0.2) is 0 Å². The summed E-state index contributed by atoms with van der Waals surface area (Å²) in [4.78, 5) is 23.4. The molecule has 2 saturated carbocycles. The van der Waals surface area contributed by atoms with Gasteiger partial charge in [0.05, 0.1) is 5.92 Å². The van der Waals surface area contributed by atoms with Crippen molar-refractivity contribution in [3.63, 3.8) is 0 Å². The van der Waals surface area contributed by atoms with E-state index in [0.29, 0.717) is 18.2 Å². The van der Waals surface area contributed by atoms with E-state index in [1.807, 2.05) is 22.9 Å². The first-order valence-corrected chi connectivity index (χ1v) is 7.35. The highest BCUT2D eigenvalue weighted by Gasteiger charge is 2.30. The number of nitrogens with one attached hydrogen (secondary N) is 1. The molecule has 1 aromatic rings. The van der Waals surface area contributed by atoms with E-state index >= 15 is 0 Å². The fourth-order valence-corrected chi connectivity index (χ4v) is 3.06. The van der Waals surface area contributed by atoms with Gasteiger partial charge in [0.1, 0.15) is 5.69 Å². The third kappa shape index (κ3) is 2.71. The molecule has 20 heavy (non-hydrogen) atoms. The highest BCUT2D eigenvalue weighted by Crippen LogP contribution is 2.36. The Bertz CT molecular complexity index is 519. The topological polar surface area (TPSA) is 71.3 Å². The van der Waals surface area contributed by atoms with Gasteiger partial charge in [0, 0.05) is 18.3 Å². The molecular weight excluding hydrogens is 256 g/mol. The number of hydrogen-bond acceptors (Lipinski definition) is 2. The van der Waals surface area contributed by atoms with Crippen molar-refractivity contribution >= 4 is 11.9 Å². The van der Waals surface area contributed by atoms with Crippen LogP contribution in [0, 0.1) is 5.92 Å². The molecule has 0 aromatic carbocycles. The Morgan fingerprint density at radius 3 is 2.75 bits per heavy atom. The van der Waals surface area contributed by atoms with Gasteiger partial charge in [-0.3, -0.25) is 9.59 Å². The van der Waals surface area contributed by atoms with Crippen molar-refractivity contribution < 1.29 is 14.7 Å². The molecule has 0 radical (unpaired) electrons. The molecule has 5 heteroatoms. The lowest BCUT2D eigenvalue weighted by atomic mass is 9.86. The van der Waals surface area contributed by atoms with Crippen LogP contribution < -0.4 is 5.32 Å². The highest BCUT2D eigenvalue weighted by molar-refractivity contribution is 5.93. The second-order valence-electron chi connectivity index (χ2n) is 5.90. The highest BCUT2D eigenvalue weighted by atomic mass is 16.4. The Hall–Kier alpha value is -1.78. The van der Waals surface area contributed by atoms with Crippen molar-refractivity contribution in [1.82, 2.24) is 9.88 Å². The summed E-state index contributed by atoms with van der Waals surface area (Å²) in [5.41, 5.74) is 0.699. The summed E-state index contributed by atoms with van der Waals surface area (Å²) in [5, 5.41) is 12.1. The van der Waals surface area contributed by atoms with Crippen LogP contribution >= 0.6 is 0 Å². The minimum absolute atomic E-state index is 0.0140. The van der Waals surface area contributed by atoms with Crippen LogP contribution in [-0.2, 0) is 4.79 Å². The van der Waals surface area contributed by atoms with Crippen molar-refractivity contribution in [1.29, 1.82) is 0 Å². The van der Waals surface area contributed by atoms with Gasteiger partial charge in [-0.05, 0) is 44.2 Å². The van der Waals surface area contributed by atoms with Crippen molar-refractivity contribution in [2.75, 3.05) is 0 Å². The Labute approximate surface area is 118 Å². The number of hydrogen-bond donors (Lipinski definition) is 2. The molecule has 108 valence electrons. The molecule has 2 aliphatic carbocycles.